The normalized spacial score (nSPS) is 15.5. The molecule has 1 saturated heterocycles. The zero-order valence-electron chi connectivity index (χ0n) is 17.7. The van der Waals surface area contributed by atoms with E-state index in [4.69, 9.17) is 4.74 Å². The third kappa shape index (κ3) is 5.09. The third-order valence-electron chi connectivity index (χ3n) is 5.28. The summed E-state index contributed by atoms with van der Waals surface area (Å²) in [6.07, 6.45) is 3.29. The molecule has 0 unspecified atom stereocenters. The number of aryl methyl sites for hydroxylation is 2. The Kier molecular flexibility index (Phi) is 6.95. The Morgan fingerprint density at radius 3 is 2.27 bits per heavy atom. The van der Waals surface area contributed by atoms with Crippen molar-refractivity contribution in [3.63, 3.8) is 0 Å². The van der Waals surface area contributed by atoms with Gasteiger partial charge in [-0.05, 0) is 67.8 Å². The standard InChI is InChI=1S/C23H28N2O4S/c1-4-29-21-9-6-20(7-10-21)8-12-23(26)24-13-15-25(16-14-24)30(27,28)22-11-5-18(2)19(3)17-22/h5-12,17H,4,13-16H2,1-3H3. The predicted molar refractivity (Wildman–Crippen MR) is 118 cm³/mol. The van der Waals surface area contributed by atoms with E-state index in [0.717, 1.165) is 22.4 Å². The van der Waals surface area contributed by atoms with Crippen LogP contribution in [0.15, 0.2) is 53.4 Å². The molecule has 0 radical (unpaired) electrons. The molecule has 3 rings (SSSR count). The molecule has 1 aliphatic rings. The summed E-state index contributed by atoms with van der Waals surface area (Å²) in [7, 11) is -3.55. The molecule has 1 aliphatic heterocycles. The predicted octanol–water partition coefficient (Wildman–Crippen LogP) is 3.25. The Morgan fingerprint density at radius 2 is 1.67 bits per heavy atom. The van der Waals surface area contributed by atoms with Crippen molar-refractivity contribution >= 4 is 22.0 Å². The molecule has 0 bridgehead atoms. The van der Waals surface area contributed by atoms with Crippen molar-refractivity contribution in [3.8, 4) is 5.75 Å². The molecule has 7 heteroatoms. The van der Waals surface area contributed by atoms with Crippen LogP contribution in [0.2, 0.25) is 0 Å². The Balaban J connectivity index is 1.59. The van der Waals surface area contributed by atoms with Crippen LogP contribution in [0.5, 0.6) is 5.75 Å². The van der Waals surface area contributed by atoms with Crippen molar-refractivity contribution in [2.45, 2.75) is 25.7 Å². The second kappa shape index (κ2) is 9.45. The average Bonchev–Trinajstić information content (AvgIpc) is 2.75. The maximum atomic E-state index is 12.9. The van der Waals surface area contributed by atoms with E-state index in [2.05, 4.69) is 0 Å². The van der Waals surface area contributed by atoms with Gasteiger partial charge in [0.1, 0.15) is 5.75 Å². The number of carbonyl (C=O) groups is 1. The van der Waals surface area contributed by atoms with Crippen molar-refractivity contribution in [3.05, 3.63) is 65.2 Å². The Morgan fingerprint density at radius 1 is 1.00 bits per heavy atom. The molecule has 0 N–H and O–H groups in total. The maximum absolute atomic E-state index is 12.9. The van der Waals surface area contributed by atoms with Crippen molar-refractivity contribution in [1.82, 2.24) is 9.21 Å². The number of amides is 1. The molecule has 0 saturated carbocycles. The van der Waals surface area contributed by atoms with Crippen molar-refractivity contribution in [2.24, 2.45) is 0 Å². The molecule has 30 heavy (non-hydrogen) atoms. The van der Waals surface area contributed by atoms with Gasteiger partial charge in [0.25, 0.3) is 0 Å². The van der Waals surface area contributed by atoms with Crippen molar-refractivity contribution < 1.29 is 17.9 Å². The smallest absolute Gasteiger partial charge is 0.246 e. The van der Waals surface area contributed by atoms with Crippen molar-refractivity contribution in [2.75, 3.05) is 32.8 Å². The SMILES string of the molecule is CCOc1ccc(C=CC(=O)N2CCN(S(=O)(=O)c3ccc(C)c(C)c3)CC2)cc1. The van der Waals surface area contributed by atoms with Crippen LogP contribution in [0.25, 0.3) is 6.08 Å². The summed E-state index contributed by atoms with van der Waals surface area (Å²) in [5.74, 6) is 0.675. The fraction of sp³-hybridized carbons (Fsp3) is 0.348. The van der Waals surface area contributed by atoms with Crippen LogP contribution in [0.1, 0.15) is 23.6 Å². The van der Waals surface area contributed by atoms with E-state index in [1.165, 1.54) is 10.4 Å². The summed E-state index contributed by atoms with van der Waals surface area (Å²) >= 11 is 0. The lowest BCUT2D eigenvalue weighted by Gasteiger charge is -2.33. The number of carbonyl (C=O) groups excluding carboxylic acids is 1. The fourth-order valence-electron chi connectivity index (χ4n) is 3.29. The van der Waals surface area contributed by atoms with Gasteiger partial charge >= 0.3 is 0 Å². The average molecular weight is 429 g/mol. The molecule has 2 aromatic rings. The van der Waals surface area contributed by atoms with Gasteiger partial charge in [0.2, 0.25) is 15.9 Å². The van der Waals surface area contributed by atoms with Crippen LogP contribution in [0, 0.1) is 13.8 Å². The number of ether oxygens (including phenoxy) is 1. The Labute approximate surface area is 178 Å². The number of benzene rings is 2. The molecule has 0 atom stereocenters. The van der Waals surface area contributed by atoms with E-state index in [1.807, 2.05) is 51.1 Å². The highest BCUT2D eigenvalue weighted by molar-refractivity contribution is 7.89. The number of hydrogen-bond donors (Lipinski definition) is 0. The van der Waals surface area contributed by atoms with Gasteiger partial charge in [-0.1, -0.05) is 18.2 Å². The molecule has 1 fully saturated rings. The van der Waals surface area contributed by atoms with Crippen LogP contribution >= 0.6 is 0 Å². The summed E-state index contributed by atoms with van der Waals surface area (Å²) < 4.78 is 32.7. The fourth-order valence-corrected chi connectivity index (χ4v) is 4.79. The number of nitrogens with zero attached hydrogens (tertiary/aromatic N) is 2. The van der Waals surface area contributed by atoms with Crippen LogP contribution < -0.4 is 4.74 Å². The highest BCUT2D eigenvalue weighted by Crippen LogP contribution is 2.21. The summed E-state index contributed by atoms with van der Waals surface area (Å²) in [4.78, 5) is 14.5. The van der Waals surface area contributed by atoms with Crippen molar-refractivity contribution in [1.29, 1.82) is 0 Å². The largest absolute Gasteiger partial charge is 0.494 e. The van der Waals surface area contributed by atoms with E-state index in [1.54, 1.807) is 23.1 Å². The minimum Gasteiger partial charge on any atom is -0.494 e. The minimum atomic E-state index is -3.55. The molecule has 0 aromatic heterocycles. The maximum Gasteiger partial charge on any atom is 0.246 e. The van der Waals surface area contributed by atoms with E-state index in [-0.39, 0.29) is 19.0 Å². The first kappa shape index (κ1) is 22.1. The molecule has 2 aromatic carbocycles. The number of hydrogen-bond acceptors (Lipinski definition) is 4. The summed E-state index contributed by atoms with van der Waals surface area (Å²) in [5.41, 5.74) is 2.91. The molecule has 1 heterocycles. The topological polar surface area (TPSA) is 66.9 Å². The van der Waals surface area contributed by atoms with Gasteiger partial charge in [-0.2, -0.15) is 4.31 Å². The Bertz CT molecular complexity index is 1020. The molecular weight excluding hydrogens is 400 g/mol. The van der Waals surface area contributed by atoms with E-state index in [9.17, 15) is 13.2 Å². The van der Waals surface area contributed by atoms with Crippen LogP contribution in [-0.2, 0) is 14.8 Å². The monoisotopic (exact) mass is 428 g/mol. The lowest BCUT2D eigenvalue weighted by Crippen LogP contribution is -2.50. The second-order valence-electron chi connectivity index (χ2n) is 7.31. The number of rotatable bonds is 6. The summed E-state index contributed by atoms with van der Waals surface area (Å²) in [6.45, 7) is 7.72. The summed E-state index contributed by atoms with van der Waals surface area (Å²) in [6, 6.07) is 12.7. The molecule has 0 aliphatic carbocycles. The third-order valence-corrected chi connectivity index (χ3v) is 7.17. The zero-order chi connectivity index (χ0) is 21.7. The van der Waals surface area contributed by atoms with Gasteiger partial charge in [-0.25, -0.2) is 8.42 Å². The first-order valence-electron chi connectivity index (χ1n) is 10.1. The second-order valence-corrected chi connectivity index (χ2v) is 9.25. The van der Waals surface area contributed by atoms with Gasteiger partial charge in [-0.3, -0.25) is 4.79 Å². The lowest BCUT2D eigenvalue weighted by molar-refractivity contribution is -0.127. The minimum absolute atomic E-state index is 0.118. The van der Waals surface area contributed by atoms with Gasteiger partial charge < -0.3 is 9.64 Å². The van der Waals surface area contributed by atoms with E-state index < -0.39 is 10.0 Å². The molecule has 160 valence electrons. The van der Waals surface area contributed by atoms with Crippen LogP contribution in [-0.4, -0.2) is 56.3 Å². The molecule has 6 nitrogen and oxygen atoms in total. The first-order chi connectivity index (χ1) is 14.3. The molecule has 1 amide bonds. The Hall–Kier alpha value is -2.64. The van der Waals surface area contributed by atoms with Gasteiger partial charge in [0.05, 0.1) is 11.5 Å². The summed E-state index contributed by atoms with van der Waals surface area (Å²) in [5, 5.41) is 0. The van der Waals surface area contributed by atoms with Gasteiger partial charge in [0.15, 0.2) is 0 Å². The molecule has 0 spiro atoms. The zero-order valence-corrected chi connectivity index (χ0v) is 18.5. The lowest BCUT2D eigenvalue weighted by atomic mass is 10.1. The van der Waals surface area contributed by atoms with E-state index >= 15 is 0 Å². The van der Waals surface area contributed by atoms with Gasteiger partial charge in [0, 0.05) is 32.3 Å². The van der Waals surface area contributed by atoms with Crippen LogP contribution in [0.4, 0.5) is 0 Å². The van der Waals surface area contributed by atoms with Crippen LogP contribution in [0.3, 0.4) is 0 Å². The quantitative estimate of drug-likeness (QED) is 0.663. The first-order valence-corrected chi connectivity index (χ1v) is 11.5. The van der Waals surface area contributed by atoms with Gasteiger partial charge in [-0.15, -0.1) is 0 Å². The highest BCUT2D eigenvalue weighted by atomic mass is 32.2. The number of sulfonamides is 1. The highest BCUT2D eigenvalue weighted by Gasteiger charge is 2.29. The van der Waals surface area contributed by atoms with E-state index in [0.29, 0.717) is 24.6 Å². The molecular formula is C23H28N2O4S. The number of piperazine rings is 1.